The number of hydrogen-bond donors (Lipinski definition) is 0. The Kier molecular flexibility index (Phi) is 4.52. The van der Waals surface area contributed by atoms with Crippen LogP contribution in [0.5, 0.6) is 5.75 Å². The van der Waals surface area contributed by atoms with Gasteiger partial charge in [-0.2, -0.15) is 0 Å². The zero-order valence-corrected chi connectivity index (χ0v) is 11.6. The Bertz CT molecular complexity index is 537. The van der Waals surface area contributed by atoms with E-state index in [1.54, 1.807) is 7.11 Å². The second kappa shape index (κ2) is 6.33. The van der Waals surface area contributed by atoms with E-state index in [1.165, 1.54) is 0 Å². The van der Waals surface area contributed by atoms with Gasteiger partial charge in [-0.15, -0.1) is 10.2 Å². The Labute approximate surface area is 113 Å². The molecule has 0 saturated carbocycles. The van der Waals surface area contributed by atoms with Gasteiger partial charge in [-0.1, -0.05) is 12.1 Å². The molecule has 1 aromatic heterocycles. The van der Waals surface area contributed by atoms with Crippen molar-refractivity contribution in [3.63, 3.8) is 0 Å². The summed E-state index contributed by atoms with van der Waals surface area (Å²) in [5, 5.41) is 8.18. The normalized spacial score (nSPS) is 10.7. The van der Waals surface area contributed by atoms with Crippen molar-refractivity contribution in [3.05, 3.63) is 41.5 Å². The molecule has 0 radical (unpaired) electrons. The van der Waals surface area contributed by atoms with Crippen LogP contribution < -0.4 is 4.74 Å². The Morgan fingerprint density at radius 1 is 1.21 bits per heavy atom. The summed E-state index contributed by atoms with van der Waals surface area (Å²) in [6, 6.07) is 7.87. The van der Waals surface area contributed by atoms with Gasteiger partial charge in [0.15, 0.2) is 5.82 Å². The second-order valence-corrected chi connectivity index (χ2v) is 4.28. The number of ether oxygens (including phenoxy) is 2. The molecule has 0 atom stereocenters. The molecule has 5 nitrogen and oxygen atoms in total. The maximum absolute atomic E-state index is 5.76. The van der Waals surface area contributed by atoms with E-state index in [0.717, 1.165) is 29.5 Å². The van der Waals surface area contributed by atoms with Gasteiger partial charge in [0, 0.05) is 13.7 Å². The molecular weight excluding hydrogens is 242 g/mol. The highest BCUT2D eigenvalue weighted by molar-refractivity contribution is 5.28. The molecule has 2 rings (SSSR count). The first-order chi connectivity index (χ1) is 9.24. The first-order valence-corrected chi connectivity index (χ1v) is 6.34. The largest absolute Gasteiger partial charge is 0.486 e. The van der Waals surface area contributed by atoms with Crippen LogP contribution in [0.3, 0.4) is 0 Å². The van der Waals surface area contributed by atoms with Gasteiger partial charge in [0.25, 0.3) is 0 Å². The van der Waals surface area contributed by atoms with Gasteiger partial charge < -0.3 is 14.0 Å². The fourth-order valence-electron chi connectivity index (χ4n) is 1.98. The molecule has 0 aliphatic rings. The predicted octanol–water partition coefficient (Wildman–Crippen LogP) is 2.33. The molecule has 1 aromatic carbocycles. The number of benzene rings is 1. The molecule has 5 heteroatoms. The van der Waals surface area contributed by atoms with Crippen molar-refractivity contribution >= 4 is 0 Å². The molecular formula is C14H19N3O2. The molecule has 2 aromatic rings. The van der Waals surface area contributed by atoms with Gasteiger partial charge in [-0.3, -0.25) is 0 Å². The van der Waals surface area contributed by atoms with Gasteiger partial charge >= 0.3 is 0 Å². The summed E-state index contributed by atoms with van der Waals surface area (Å²) in [7, 11) is 1.68. The van der Waals surface area contributed by atoms with E-state index in [4.69, 9.17) is 9.47 Å². The Morgan fingerprint density at radius 3 is 2.79 bits per heavy atom. The molecule has 0 amide bonds. The summed E-state index contributed by atoms with van der Waals surface area (Å²) in [4.78, 5) is 0. The van der Waals surface area contributed by atoms with Crippen molar-refractivity contribution in [2.45, 2.75) is 33.6 Å². The van der Waals surface area contributed by atoms with Crippen LogP contribution in [0.4, 0.5) is 0 Å². The monoisotopic (exact) mass is 261 g/mol. The van der Waals surface area contributed by atoms with E-state index in [1.807, 2.05) is 35.8 Å². The molecule has 0 unspecified atom stereocenters. The van der Waals surface area contributed by atoms with E-state index < -0.39 is 0 Å². The molecule has 0 N–H and O–H groups in total. The minimum atomic E-state index is 0.422. The van der Waals surface area contributed by atoms with Gasteiger partial charge in [0.2, 0.25) is 0 Å². The van der Waals surface area contributed by atoms with Crippen LogP contribution in [0.25, 0.3) is 0 Å². The summed E-state index contributed by atoms with van der Waals surface area (Å²) in [6.07, 6.45) is 0. The fraction of sp³-hybridized carbons (Fsp3) is 0.429. The first-order valence-electron chi connectivity index (χ1n) is 6.34. The quantitative estimate of drug-likeness (QED) is 0.800. The van der Waals surface area contributed by atoms with Crippen LogP contribution in [-0.2, 0) is 24.5 Å². The number of aryl methyl sites for hydroxylation is 1. The second-order valence-electron chi connectivity index (χ2n) is 4.28. The van der Waals surface area contributed by atoms with Gasteiger partial charge in [0.1, 0.15) is 18.2 Å². The molecule has 0 fully saturated rings. The lowest BCUT2D eigenvalue weighted by molar-refractivity contribution is 0.184. The third kappa shape index (κ3) is 3.32. The average Bonchev–Trinajstić information content (AvgIpc) is 2.77. The van der Waals surface area contributed by atoms with Crippen molar-refractivity contribution in [2.75, 3.05) is 7.11 Å². The lowest BCUT2D eigenvalue weighted by atomic mass is 10.2. The predicted molar refractivity (Wildman–Crippen MR) is 71.9 cm³/mol. The molecule has 19 heavy (non-hydrogen) atoms. The van der Waals surface area contributed by atoms with Gasteiger partial charge in [-0.25, -0.2) is 0 Å². The maximum Gasteiger partial charge on any atom is 0.171 e. The average molecular weight is 261 g/mol. The Balaban J connectivity index is 2.03. The summed E-state index contributed by atoms with van der Waals surface area (Å²) >= 11 is 0. The number of rotatable bonds is 6. The summed E-state index contributed by atoms with van der Waals surface area (Å²) in [5.41, 5.74) is 1.09. The molecule has 0 spiro atoms. The SMILES string of the molecule is CCn1c(C)nnc1COc1cccc(COC)c1. The lowest BCUT2D eigenvalue weighted by Gasteiger charge is -2.09. The minimum Gasteiger partial charge on any atom is -0.486 e. The fourth-order valence-corrected chi connectivity index (χ4v) is 1.98. The van der Waals surface area contributed by atoms with E-state index in [2.05, 4.69) is 17.1 Å². The van der Waals surface area contributed by atoms with Crippen LogP contribution >= 0.6 is 0 Å². The summed E-state index contributed by atoms with van der Waals surface area (Å²) < 4.78 is 12.9. The van der Waals surface area contributed by atoms with Crippen molar-refractivity contribution in [1.82, 2.24) is 14.8 Å². The van der Waals surface area contributed by atoms with Crippen molar-refractivity contribution < 1.29 is 9.47 Å². The first kappa shape index (κ1) is 13.5. The zero-order valence-electron chi connectivity index (χ0n) is 11.6. The third-order valence-electron chi connectivity index (χ3n) is 2.91. The van der Waals surface area contributed by atoms with Crippen LogP contribution in [0.15, 0.2) is 24.3 Å². The zero-order chi connectivity index (χ0) is 13.7. The minimum absolute atomic E-state index is 0.422. The summed E-state index contributed by atoms with van der Waals surface area (Å²) in [6.45, 7) is 5.87. The van der Waals surface area contributed by atoms with Crippen LogP contribution in [0.1, 0.15) is 24.1 Å². The van der Waals surface area contributed by atoms with Gasteiger partial charge in [0.05, 0.1) is 6.61 Å². The van der Waals surface area contributed by atoms with E-state index in [-0.39, 0.29) is 0 Å². The van der Waals surface area contributed by atoms with Crippen molar-refractivity contribution in [2.24, 2.45) is 0 Å². The topological polar surface area (TPSA) is 49.2 Å². The highest BCUT2D eigenvalue weighted by Crippen LogP contribution is 2.15. The molecule has 0 aliphatic heterocycles. The van der Waals surface area contributed by atoms with Crippen LogP contribution in [0, 0.1) is 6.92 Å². The van der Waals surface area contributed by atoms with E-state index in [9.17, 15) is 0 Å². The standard InChI is InChI=1S/C14H19N3O2/c1-4-17-11(2)15-16-14(17)10-19-13-7-5-6-12(8-13)9-18-3/h5-8H,4,9-10H2,1-3H3. The highest BCUT2D eigenvalue weighted by Gasteiger charge is 2.07. The van der Waals surface area contributed by atoms with E-state index in [0.29, 0.717) is 13.2 Å². The Morgan fingerprint density at radius 2 is 2.05 bits per heavy atom. The van der Waals surface area contributed by atoms with Crippen LogP contribution in [-0.4, -0.2) is 21.9 Å². The van der Waals surface area contributed by atoms with Gasteiger partial charge in [-0.05, 0) is 31.5 Å². The lowest BCUT2D eigenvalue weighted by Crippen LogP contribution is -2.07. The van der Waals surface area contributed by atoms with Crippen LogP contribution in [0.2, 0.25) is 0 Å². The Hall–Kier alpha value is -1.88. The van der Waals surface area contributed by atoms with Crippen molar-refractivity contribution in [3.8, 4) is 5.75 Å². The number of nitrogens with zero attached hydrogens (tertiary/aromatic N) is 3. The van der Waals surface area contributed by atoms with Crippen molar-refractivity contribution in [1.29, 1.82) is 0 Å². The number of aromatic nitrogens is 3. The number of hydrogen-bond acceptors (Lipinski definition) is 4. The highest BCUT2D eigenvalue weighted by atomic mass is 16.5. The molecule has 0 bridgehead atoms. The maximum atomic E-state index is 5.76. The summed E-state index contributed by atoms with van der Waals surface area (Å²) in [5.74, 6) is 2.57. The molecule has 0 saturated heterocycles. The molecule has 102 valence electrons. The van der Waals surface area contributed by atoms with E-state index >= 15 is 0 Å². The number of methoxy groups -OCH3 is 1. The third-order valence-corrected chi connectivity index (χ3v) is 2.91. The molecule has 0 aliphatic carbocycles. The molecule has 1 heterocycles. The smallest absolute Gasteiger partial charge is 0.171 e.